The minimum atomic E-state index is -3.71. The van der Waals surface area contributed by atoms with Crippen LogP contribution in [0.2, 0.25) is 0 Å². The lowest BCUT2D eigenvalue weighted by Gasteiger charge is -2.08. The maximum absolute atomic E-state index is 12.1. The Hall–Kier alpha value is -4.70. The van der Waals surface area contributed by atoms with Crippen LogP contribution >= 0.6 is 0 Å². The Morgan fingerprint density at radius 1 is 0.605 bits per heavy atom. The molecule has 16 heteroatoms. The predicted octanol–water partition coefficient (Wildman–Crippen LogP) is 1.74. The van der Waals surface area contributed by atoms with Crippen LogP contribution in [0.15, 0.2) is 83.1 Å². The van der Waals surface area contributed by atoms with Crippen LogP contribution in [0.1, 0.15) is 0 Å². The molecule has 200 valence electrons. The van der Waals surface area contributed by atoms with Gasteiger partial charge in [-0.3, -0.25) is 9.44 Å². The van der Waals surface area contributed by atoms with Crippen molar-refractivity contribution < 1.29 is 26.3 Å². The monoisotopic (exact) mass is 560 g/mol. The first kappa shape index (κ1) is 27.9. The first-order chi connectivity index (χ1) is 18.0. The Bertz CT molecular complexity index is 1460. The number of nitrogens with two attached hydrogens (primary N) is 2. The summed E-state index contributed by atoms with van der Waals surface area (Å²) >= 11 is 0. The van der Waals surface area contributed by atoms with Gasteiger partial charge in [-0.25, -0.2) is 36.8 Å². The average Bonchev–Trinajstić information content (AvgIpc) is 2.89. The lowest BCUT2D eigenvalue weighted by atomic mass is 10.3. The Kier molecular flexibility index (Phi) is 8.82. The first-order valence-corrected chi connectivity index (χ1v) is 13.5. The topological polar surface area (TPSA) is 214 Å². The van der Waals surface area contributed by atoms with Gasteiger partial charge in [-0.1, -0.05) is 0 Å². The highest BCUT2D eigenvalue weighted by molar-refractivity contribution is 7.93. The summed E-state index contributed by atoms with van der Waals surface area (Å²) in [6.07, 6.45) is 2.42. The predicted molar refractivity (Wildman–Crippen MR) is 140 cm³/mol. The number of anilines is 4. The van der Waals surface area contributed by atoms with Gasteiger partial charge in [0.15, 0.2) is 0 Å². The largest absolute Gasteiger partial charge is 0.481 e. The molecule has 2 aromatic heterocycles. The van der Waals surface area contributed by atoms with Crippen LogP contribution in [-0.2, 0) is 20.0 Å². The first-order valence-electron chi connectivity index (χ1n) is 10.5. The van der Waals surface area contributed by atoms with Gasteiger partial charge in [-0.05, 0) is 48.5 Å². The third-order valence-corrected chi connectivity index (χ3v) is 7.30. The molecule has 0 spiro atoms. The fourth-order valence-corrected chi connectivity index (χ4v) is 4.70. The maximum Gasteiger partial charge on any atom is 0.263 e. The number of hydrogen-bond donors (Lipinski definition) is 4. The van der Waals surface area contributed by atoms with Gasteiger partial charge in [0.1, 0.15) is 24.3 Å². The van der Waals surface area contributed by atoms with Gasteiger partial charge >= 0.3 is 0 Å². The third kappa shape index (κ3) is 7.65. The second-order valence-corrected chi connectivity index (χ2v) is 10.6. The van der Waals surface area contributed by atoms with Crippen molar-refractivity contribution in [3.05, 3.63) is 73.3 Å². The van der Waals surface area contributed by atoms with E-state index in [4.69, 9.17) is 20.9 Å². The number of benzene rings is 2. The van der Waals surface area contributed by atoms with E-state index in [-0.39, 0.29) is 33.2 Å². The summed E-state index contributed by atoms with van der Waals surface area (Å²) in [7, 11) is -4.55. The Morgan fingerprint density at radius 3 is 1.26 bits per heavy atom. The molecule has 0 amide bonds. The zero-order valence-electron chi connectivity index (χ0n) is 20.1. The highest BCUT2D eigenvalue weighted by Crippen LogP contribution is 2.19. The van der Waals surface area contributed by atoms with Gasteiger partial charge in [-0.2, -0.15) is 0 Å². The van der Waals surface area contributed by atoms with E-state index in [1.54, 1.807) is 0 Å². The number of nitrogens with one attached hydrogen (secondary N) is 2. The number of methoxy groups -OCH3 is 2. The normalized spacial score (nSPS) is 11.0. The van der Waals surface area contributed by atoms with Crippen LogP contribution < -0.4 is 30.4 Å². The molecule has 0 aliphatic heterocycles. The quantitative estimate of drug-likeness (QED) is 0.227. The molecule has 6 N–H and O–H groups in total. The SMILES string of the molecule is COc1cc(NS(=O)(=O)c2ccc(N)cc2)ncn1.COc1cc(NS(=O)(=O)c2ccc(N)cc2)ncn1. The van der Waals surface area contributed by atoms with E-state index < -0.39 is 20.0 Å². The molecule has 0 radical (unpaired) electrons. The molecular formula is C22H24N8O6S2. The van der Waals surface area contributed by atoms with E-state index in [0.717, 1.165) is 0 Å². The van der Waals surface area contributed by atoms with Gasteiger partial charge in [-0.15, -0.1) is 0 Å². The third-order valence-electron chi connectivity index (χ3n) is 4.56. The number of ether oxygens (including phenoxy) is 2. The molecular weight excluding hydrogens is 536 g/mol. The van der Waals surface area contributed by atoms with Gasteiger partial charge in [0.25, 0.3) is 20.0 Å². The van der Waals surface area contributed by atoms with Gasteiger partial charge in [0.05, 0.1) is 24.0 Å². The molecule has 14 nitrogen and oxygen atoms in total. The fraction of sp³-hybridized carbons (Fsp3) is 0.0909. The van der Waals surface area contributed by atoms with Crippen molar-refractivity contribution in [1.29, 1.82) is 0 Å². The summed E-state index contributed by atoms with van der Waals surface area (Å²) in [5, 5.41) is 0. The minimum Gasteiger partial charge on any atom is -0.481 e. The van der Waals surface area contributed by atoms with Crippen LogP contribution in [0.5, 0.6) is 11.8 Å². The van der Waals surface area contributed by atoms with Crippen LogP contribution in [-0.4, -0.2) is 51.0 Å². The summed E-state index contributed by atoms with van der Waals surface area (Å²) in [6.45, 7) is 0. The second kappa shape index (κ2) is 12.0. The summed E-state index contributed by atoms with van der Waals surface area (Å²) in [5.74, 6) is 0.794. The number of sulfonamides is 2. The summed E-state index contributed by atoms with van der Waals surface area (Å²) in [5.41, 5.74) is 12.0. The van der Waals surface area contributed by atoms with E-state index in [1.165, 1.54) is 87.5 Å². The van der Waals surface area contributed by atoms with Crippen molar-refractivity contribution in [1.82, 2.24) is 19.9 Å². The number of aromatic nitrogens is 4. The molecule has 0 bridgehead atoms. The molecule has 0 fully saturated rings. The zero-order chi connectivity index (χ0) is 27.8. The molecule has 4 rings (SSSR count). The number of nitrogens with zero attached hydrogens (tertiary/aromatic N) is 4. The summed E-state index contributed by atoms with van der Waals surface area (Å²) in [4.78, 5) is 15.4. The van der Waals surface area contributed by atoms with E-state index in [1.807, 2.05) is 0 Å². The van der Waals surface area contributed by atoms with Crippen molar-refractivity contribution in [3.63, 3.8) is 0 Å². The highest BCUT2D eigenvalue weighted by Gasteiger charge is 2.16. The molecule has 38 heavy (non-hydrogen) atoms. The van der Waals surface area contributed by atoms with Crippen LogP contribution in [0, 0.1) is 0 Å². The highest BCUT2D eigenvalue weighted by atomic mass is 32.2. The van der Waals surface area contributed by atoms with Crippen molar-refractivity contribution >= 4 is 43.1 Å². The molecule has 0 unspecified atom stereocenters. The van der Waals surface area contributed by atoms with Crippen molar-refractivity contribution in [3.8, 4) is 11.8 Å². The Morgan fingerprint density at radius 2 is 0.947 bits per heavy atom. The molecule has 2 heterocycles. The van der Waals surface area contributed by atoms with E-state index >= 15 is 0 Å². The lowest BCUT2D eigenvalue weighted by Crippen LogP contribution is -2.14. The van der Waals surface area contributed by atoms with Crippen molar-refractivity contribution in [2.45, 2.75) is 9.79 Å². The van der Waals surface area contributed by atoms with Crippen LogP contribution in [0.25, 0.3) is 0 Å². The average molecular weight is 561 g/mol. The van der Waals surface area contributed by atoms with Gasteiger partial charge < -0.3 is 20.9 Å². The van der Waals surface area contributed by atoms with Gasteiger partial charge in [0, 0.05) is 23.5 Å². The fourth-order valence-electron chi connectivity index (χ4n) is 2.70. The second-order valence-electron chi connectivity index (χ2n) is 7.24. The zero-order valence-corrected chi connectivity index (χ0v) is 21.8. The van der Waals surface area contributed by atoms with Crippen LogP contribution in [0.3, 0.4) is 0 Å². The standard InChI is InChI=1S/2C11H12N4O3S/c2*1-18-11-6-10(13-7-14-11)15-19(16,17)9-4-2-8(12)3-5-9/h2*2-7H,12H2,1H3,(H,13,14,15). The lowest BCUT2D eigenvalue weighted by molar-refractivity contribution is 0.397. The molecule has 2 aromatic carbocycles. The molecule has 0 aliphatic rings. The number of hydrogen-bond acceptors (Lipinski definition) is 12. The van der Waals surface area contributed by atoms with Gasteiger partial charge in [0.2, 0.25) is 11.8 Å². The minimum absolute atomic E-state index is 0.0966. The number of rotatable bonds is 8. The molecule has 4 aromatic rings. The Labute approximate surface area is 219 Å². The van der Waals surface area contributed by atoms with E-state index in [0.29, 0.717) is 11.4 Å². The van der Waals surface area contributed by atoms with E-state index in [9.17, 15) is 16.8 Å². The number of nitrogen functional groups attached to an aromatic ring is 2. The van der Waals surface area contributed by atoms with Crippen LogP contribution in [0.4, 0.5) is 23.0 Å². The summed E-state index contributed by atoms with van der Waals surface area (Å²) in [6, 6.07) is 14.5. The molecule has 0 aliphatic carbocycles. The Balaban J connectivity index is 0.000000211. The molecule has 0 saturated heterocycles. The van der Waals surface area contributed by atoms with Crippen molar-refractivity contribution in [2.75, 3.05) is 35.1 Å². The van der Waals surface area contributed by atoms with E-state index in [2.05, 4.69) is 29.4 Å². The maximum atomic E-state index is 12.1. The summed E-state index contributed by atoms with van der Waals surface area (Å²) < 4.78 is 62.7. The molecule has 0 saturated carbocycles. The van der Waals surface area contributed by atoms with Crippen molar-refractivity contribution in [2.24, 2.45) is 0 Å². The molecule has 0 atom stereocenters. The smallest absolute Gasteiger partial charge is 0.263 e.